The number of para-hydroxylation sites is 2. The summed E-state index contributed by atoms with van der Waals surface area (Å²) in [5.74, 6) is 0.0160. The summed E-state index contributed by atoms with van der Waals surface area (Å²) in [5.41, 5.74) is 3.59. The van der Waals surface area contributed by atoms with E-state index in [-0.39, 0.29) is 23.4 Å². The van der Waals surface area contributed by atoms with Gasteiger partial charge >= 0.3 is 0 Å². The van der Waals surface area contributed by atoms with Crippen LogP contribution in [0.1, 0.15) is 35.6 Å². The zero-order chi connectivity index (χ0) is 23.4. The minimum absolute atomic E-state index is 0.120. The summed E-state index contributed by atoms with van der Waals surface area (Å²) < 4.78 is 33.8. The van der Waals surface area contributed by atoms with Gasteiger partial charge in [0.1, 0.15) is 12.3 Å². The molecule has 0 aliphatic heterocycles. The van der Waals surface area contributed by atoms with E-state index in [1.807, 2.05) is 25.1 Å². The minimum Gasteiger partial charge on any atom is -0.495 e. The van der Waals surface area contributed by atoms with Crippen molar-refractivity contribution in [2.75, 3.05) is 18.0 Å². The van der Waals surface area contributed by atoms with Gasteiger partial charge in [0, 0.05) is 0 Å². The first-order valence-electron chi connectivity index (χ1n) is 11.0. The third kappa shape index (κ3) is 4.88. The summed E-state index contributed by atoms with van der Waals surface area (Å²) in [7, 11) is -2.53. The molecule has 0 spiro atoms. The van der Waals surface area contributed by atoms with Gasteiger partial charge in [-0.25, -0.2) is 8.42 Å². The highest BCUT2D eigenvalue weighted by molar-refractivity contribution is 7.92. The van der Waals surface area contributed by atoms with Crippen molar-refractivity contribution in [3.05, 3.63) is 89.5 Å². The number of rotatable bonds is 7. The van der Waals surface area contributed by atoms with Crippen LogP contribution in [0.5, 0.6) is 5.75 Å². The molecule has 0 fully saturated rings. The average Bonchev–Trinajstić information content (AvgIpc) is 2.83. The van der Waals surface area contributed by atoms with E-state index < -0.39 is 10.0 Å². The monoisotopic (exact) mass is 464 g/mol. The smallest absolute Gasteiger partial charge is 0.264 e. The maximum atomic E-state index is 13.6. The van der Waals surface area contributed by atoms with Crippen LogP contribution in [0.25, 0.3) is 0 Å². The molecule has 0 heterocycles. The third-order valence-electron chi connectivity index (χ3n) is 5.95. The number of aryl methyl sites for hydroxylation is 2. The normalized spacial score (nSPS) is 15.4. The lowest BCUT2D eigenvalue weighted by Gasteiger charge is -2.29. The van der Waals surface area contributed by atoms with Crippen molar-refractivity contribution in [3.63, 3.8) is 0 Å². The van der Waals surface area contributed by atoms with E-state index in [4.69, 9.17) is 4.74 Å². The summed E-state index contributed by atoms with van der Waals surface area (Å²) in [6, 6.07) is 21.4. The number of methoxy groups -OCH3 is 1. The number of amides is 1. The number of carbonyl (C=O) groups excluding carboxylic acids is 1. The Labute approximate surface area is 195 Å². The van der Waals surface area contributed by atoms with Crippen LogP contribution in [-0.2, 0) is 21.2 Å². The lowest BCUT2D eigenvalue weighted by Crippen LogP contribution is -2.42. The Morgan fingerprint density at radius 2 is 1.73 bits per heavy atom. The molecule has 6 nitrogen and oxygen atoms in total. The molecule has 0 saturated carbocycles. The number of hydrogen-bond acceptors (Lipinski definition) is 4. The Bertz CT molecular complexity index is 1240. The predicted octanol–water partition coefficient (Wildman–Crippen LogP) is 4.39. The van der Waals surface area contributed by atoms with Gasteiger partial charge in [0.15, 0.2) is 0 Å². The van der Waals surface area contributed by atoms with Gasteiger partial charge in [0.2, 0.25) is 5.91 Å². The zero-order valence-corrected chi connectivity index (χ0v) is 19.6. The number of nitrogens with one attached hydrogen (secondary N) is 1. The molecule has 1 unspecified atom stereocenters. The van der Waals surface area contributed by atoms with E-state index in [1.54, 1.807) is 48.5 Å². The summed E-state index contributed by atoms with van der Waals surface area (Å²) in [4.78, 5) is 13.3. The van der Waals surface area contributed by atoms with Crippen LogP contribution in [0, 0.1) is 6.92 Å². The highest BCUT2D eigenvalue weighted by atomic mass is 32.2. The first kappa shape index (κ1) is 22.9. The Balaban J connectivity index is 1.66. The quantitative estimate of drug-likeness (QED) is 0.563. The van der Waals surface area contributed by atoms with Crippen molar-refractivity contribution in [2.45, 2.75) is 37.1 Å². The number of nitrogens with zero attached hydrogens (tertiary/aromatic N) is 1. The summed E-state index contributed by atoms with van der Waals surface area (Å²) in [6.07, 6.45) is 2.78. The van der Waals surface area contributed by atoms with E-state index in [0.717, 1.165) is 34.7 Å². The van der Waals surface area contributed by atoms with Crippen LogP contribution in [0.15, 0.2) is 77.7 Å². The van der Waals surface area contributed by atoms with Crippen molar-refractivity contribution in [3.8, 4) is 5.75 Å². The lowest BCUT2D eigenvalue weighted by atomic mass is 9.88. The lowest BCUT2D eigenvalue weighted by molar-refractivity contribution is -0.120. The molecule has 3 aromatic carbocycles. The SMILES string of the molecule is COc1ccccc1N(CC(=O)NC1CCCc2ccccc21)S(=O)(=O)c1ccc(C)cc1. The van der Waals surface area contributed by atoms with Gasteiger partial charge in [-0.2, -0.15) is 0 Å². The van der Waals surface area contributed by atoms with Gasteiger partial charge in [-0.3, -0.25) is 9.10 Å². The molecule has 1 aliphatic carbocycles. The van der Waals surface area contributed by atoms with Gasteiger partial charge in [-0.15, -0.1) is 0 Å². The van der Waals surface area contributed by atoms with Crippen LogP contribution in [0.4, 0.5) is 5.69 Å². The van der Waals surface area contributed by atoms with E-state index in [2.05, 4.69) is 11.4 Å². The molecule has 0 bridgehead atoms. The molecule has 172 valence electrons. The van der Waals surface area contributed by atoms with Crippen molar-refractivity contribution in [1.82, 2.24) is 5.32 Å². The summed E-state index contributed by atoms with van der Waals surface area (Å²) in [5, 5.41) is 3.06. The van der Waals surface area contributed by atoms with Crippen molar-refractivity contribution in [1.29, 1.82) is 0 Å². The van der Waals surface area contributed by atoms with Crippen LogP contribution in [0.2, 0.25) is 0 Å². The molecule has 4 rings (SSSR count). The first-order valence-corrected chi connectivity index (χ1v) is 12.4. The molecular weight excluding hydrogens is 436 g/mol. The molecule has 1 N–H and O–H groups in total. The zero-order valence-electron chi connectivity index (χ0n) is 18.8. The number of sulfonamides is 1. The number of anilines is 1. The van der Waals surface area contributed by atoms with Crippen LogP contribution >= 0.6 is 0 Å². The fourth-order valence-corrected chi connectivity index (χ4v) is 5.68. The molecule has 0 aromatic heterocycles. The Hall–Kier alpha value is -3.32. The van der Waals surface area contributed by atoms with Gasteiger partial charge in [0.05, 0.1) is 23.7 Å². The van der Waals surface area contributed by atoms with Gasteiger partial charge in [-0.1, -0.05) is 54.1 Å². The summed E-state index contributed by atoms with van der Waals surface area (Å²) >= 11 is 0. The third-order valence-corrected chi connectivity index (χ3v) is 7.73. The highest BCUT2D eigenvalue weighted by Crippen LogP contribution is 2.33. The van der Waals surface area contributed by atoms with E-state index in [9.17, 15) is 13.2 Å². The fraction of sp³-hybridized carbons (Fsp3) is 0.269. The Morgan fingerprint density at radius 1 is 1.03 bits per heavy atom. The predicted molar refractivity (Wildman–Crippen MR) is 129 cm³/mol. The van der Waals surface area contributed by atoms with E-state index in [1.165, 1.54) is 12.7 Å². The van der Waals surface area contributed by atoms with Crippen molar-refractivity contribution >= 4 is 21.6 Å². The Kier molecular flexibility index (Phi) is 6.70. The van der Waals surface area contributed by atoms with Gasteiger partial charge < -0.3 is 10.1 Å². The number of hydrogen-bond donors (Lipinski definition) is 1. The maximum Gasteiger partial charge on any atom is 0.264 e. The fourth-order valence-electron chi connectivity index (χ4n) is 4.25. The second-order valence-electron chi connectivity index (χ2n) is 8.21. The van der Waals surface area contributed by atoms with Crippen LogP contribution in [0.3, 0.4) is 0 Å². The van der Waals surface area contributed by atoms with Crippen LogP contribution < -0.4 is 14.4 Å². The number of fused-ring (bicyclic) bond motifs is 1. The van der Waals surface area contributed by atoms with Crippen molar-refractivity contribution < 1.29 is 17.9 Å². The minimum atomic E-state index is -4.01. The highest BCUT2D eigenvalue weighted by Gasteiger charge is 2.30. The summed E-state index contributed by atoms with van der Waals surface area (Å²) in [6.45, 7) is 1.54. The molecule has 0 radical (unpaired) electrons. The number of benzene rings is 3. The second kappa shape index (κ2) is 9.67. The van der Waals surface area contributed by atoms with E-state index >= 15 is 0 Å². The molecular formula is C26H28N2O4S. The molecule has 3 aromatic rings. The maximum absolute atomic E-state index is 13.6. The molecule has 1 amide bonds. The van der Waals surface area contributed by atoms with Gasteiger partial charge in [0.25, 0.3) is 10.0 Å². The second-order valence-corrected chi connectivity index (χ2v) is 10.1. The Morgan fingerprint density at radius 3 is 2.48 bits per heavy atom. The molecule has 33 heavy (non-hydrogen) atoms. The standard InChI is InChI=1S/C26H28N2O4S/c1-19-14-16-21(17-15-19)33(30,31)28(24-12-5-6-13-25(24)32-2)18-26(29)27-23-11-7-9-20-8-3-4-10-22(20)23/h3-6,8,10,12-17,23H,7,9,11,18H2,1-2H3,(H,27,29). The molecule has 0 saturated heterocycles. The van der Waals surface area contributed by atoms with Crippen molar-refractivity contribution in [2.24, 2.45) is 0 Å². The van der Waals surface area contributed by atoms with Crippen LogP contribution in [-0.4, -0.2) is 28.0 Å². The average molecular weight is 465 g/mol. The molecule has 1 atom stereocenters. The molecule has 1 aliphatic rings. The number of ether oxygens (including phenoxy) is 1. The van der Waals surface area contributed by atoms with Gasteiger partial charge in [-0.05, 0) is 61.6 Å². The largest absolute Gasteiger partial charge is 0.495 e. The van der Waals surface area contributed by atoms with E-state index in [0.29, 0.717) is 11.4 Å². The molecule has 7 heteroatoms. The number of carbonyl (C=O) groups is 1. The topological polar surface area (TPSA) is 75.7 Å². The first-order chi connectivity index (χ1) is 15.9.